The Balaban J connectivity index is 2.00. The van der Waals surface area contributed by atoms with Gasteiger partial charge in [0.1, 0.15) is 5.76 Å². The summed E-state index contributed by atoms with van der Waals surface area (Å²) >= 11 is 0. The first kappa shape index (κ1) is 18.4. The zero-order valence-corrected chi connectivity index (χ0v) is 15.1. The molecule has 0 aromatic heterocycles. The molecule has 2 aromatic carbocycles. The highest BCUT2D eigenvalue weighted by Crippen LogP contribution is 2.34. The first-order valence-corrected chi connectivity index (χ1v) is 8.42. The van der Waals surface area contributed by atoms with Gasteiger partial charge >= 0.3 is 5.97 Å². The van der Waals surface area contributed by atoms with Crippen molar-refractivity contribution in [3.8, 4) is 0 Å². The molecule has 0 saturated carbocycles. The fourth-order valence-electron chi connectivity index (χ4n) is 3.03. The van der Waals surface area contributed by atoms with E-state index >= 15 is 0 Å². The summed E-state index contributed by atoms with van der Waals surface area (Å²) in [5, 5.41) is 10.6. The van der Waals surface area contributed by atoms with E-state index in [4.69, 9.17) is 4.74 Å². The fraction of sp³-hybridized carbons (Fsp3) is 0.190. The predicted octanol–water partition coefficient (Wildman–Crippen LogP) is 3.27. The van der Waals surface area contributed by atoms with E-state index in [1.807, 2.05) is 0 Å². The van der Waals surface area contributed by atoms with Crippen LogP contribution in [0.2, 0.25) is 0 Å². The third-order valence-electron chi connectivity index (χ3n) is 4.50. The molecule has 3 rings (SSSR count). The van der Waals surface area contributed by atoms with E-state index in [1.54, 1.807) is 48.5 Å². The number of carbonyl (C=O) groups excluding carboxylic acids is 3. The maximum atomic E-state index is 12.9. The van der Waals surface area contributed by atoms with Gasteiger partial charge < -0.3 is 14.7 Å². The number of ether oxygens (including phenoxy) is 1. The highest BCUT2D eigenvalue weighted by molar-refractivity contribution is 6.09. The Hall–Kier alpha value is -3.41. The van der Waals surface area contributed by atoms with Crippen molar-refractivity contribution in [1.29, 1.82) is 0 Å². The number of amides is 1. The predicted molar refractivity (Wildman–Crippen MR) is 100 cm³/mol. The maximum absolute atomic E-state index is 12.9. The number of benzene rings is 2. The molecule has 0 atom stereocenters. The Bertz CT molecular complexity index is 943. The number of hydrogen-bond donors (Lipinski definition) is 1. The zero-order valence-electron chi connectivity index (χ0n) is 15.1. The number of aliphatic hydroxyl groups excluding tert-OH is 1. The molecule has 27 heavy (non-hydrogen) atoms. The molecule has 0 fully saturated rings. The lowest BCUT2D eigenvalue weighted by Gasteiger charge is -2.23. The number of Topliss-reactive ketones (excluding diaryl/α,β-unsaturated/α-hetero) is 1. The summed E-state index contributed by atoms with van der Waals surface area (Å²) < 4.78 is 4.71. The molecule has 1 aliphatic heterocycles. The second-order valence-corrected chi connectivity index (χ2v) is 6.25. The summed E-state index contributed by atoms with van der Waals surface area (Å²) in [4.78, 5) is 37.8. The van der Waals surface area contributed by atoms with Gasteiger partial charge in [-0.2, -0.15) is 0 Å². The number of aliphatic hydroxyl groups is 1. The summed E-state index contributed by atoms with van der Waals surface area (Å²) in [6.45, 7) is 1.74. The van der Waals surface area contributed by atoms with Gasteiger partial charge in [-0.15, -0.1) is 0 Å². The first-order valence-electron chi connectivity index (χ1n) is 8.42. The molecule has 0 unspecified atom stereocenters. The standard InChI is InChI=1S/C21H19NO5/c1-13(23)15-9-7-14(8-10-15)12-22-18-6-4-3-5-16(18)20(25)17(11-19(22)24)21(26)27-2/h3-10,25H,11-12H2,1-2H3. The summed E-state index contributed by atoms with van der Waals surface area (Å²) in [5.74, 6) is -1.35. The Morgan fingerprint density at radius 1 is 1.11 bits per heavy atom. The molecule has 1 heterocycles. The normalized spacial score (nSPS) is 13.9. The van der Waals surface area contributed by atoms with Crippen molar-refractivity contribution in [1.82, 2.24) is 0 Å². The topological polar surface area (TPSA) is 83.9 Å². The summed E-state index contributed by atoms with van der Waals surface area (Å²) in [7, 11) is 1.21. The minimum Gasteiger partial charge on any atom is -0.507 e. The van der Waals surface area contributed by atoms with Gasteiger partial charge in [0.05, 0.1) is 31.3 Å². The van der Waals surface area contributed by atoms with Gasteiger partial charge in [-0.05, 0) is 24.6 Å². The fourth-order valence-corrected chi connectivity index (χ4v) is 3.03. The molecule has 0 bridgehead atoms. The summed E-state index contributed by atoms with van der Waals surface area (Å²) in [5.41, 5.74) is 2.25. The van der Waals surface area contributed by atoms with Crippen LogP contribution >= 0.6 is 0 Å². The van der Waals surface area contributed by atoms with E-state index < -0.39 is 5.97 Å². The monoisotopic (exact) mass is 365 g/mol. The van der Waals surface area contributed by atoms with E-state index in [9.17, 15) is 19.5 Å². The van der Waals surface area contributed by atoms with Crippen molar-refractivity contribution in [3.05, 3.63) is 70.8 Å². The molecule has 1 aliphatic rings. The van der Waals surface area contributed by atoms with Crippen LogP contribution in [0.5, 0.6) is 0 Å². The number of anilines is 1. The molecule has 138 valence electrons. The van der Waals surface area contributed by atoms with Gasteiger partial charge in [0, 0.05) is 11.1 Å². The van der Waals surface area contributed by atoms with Crippen LogP contribution in [0.25, 0.3) is 5.76 Å². The van der Waals surface area contributed by atoms with Crippen LogP contribution in [0.15, 0.2) is 54.1 Å². The van der Waals surface area contributed by atoms with Crippen LogP contribution in [0.4, 0.5) is 5.69 Å². The number of carbonyl (C=O) groups is 3. The van der Waals surface area contributed by atoms with Crippen molar-refractivity contribution in [3.63, 3.8) is 0 Å². The van der Waals surface area contributed by atoms with Crippen LogP contribution in [0.1, 0.15) is 34.8 Å². The SMILES string of the molecule is COC(=O)C1=C(O)c2ccccc2N(Cc2ccc(C(C)=O)cc2)C(=O)C1. The molecule has 1 amide bonds. The highest BCUT2D eigenvalue weighted by Gasteiger charge is 2.31. The van der Waals surface area contributed by atoms with E-state index in [0.29, 0.717) is 16.8 Å². The molecule has 6 heteroatoms. The third-order valence-corrected chi connectivity index (χ3v) is 4.50. The molecule has 2 aromatic rings. The van der Waals surface area contributed by atoms with Gasteiger partial charge in [-0.1, -0.05) is 36.4 Å². The van der Waals surface area contributed by atoms with E-state index in [-0.39, 0.29) is 36.0 Å². The molecule has 6 nitrogen and oxygen atoms in total. The van der Waals surface area contributed by atoms with Crippen molar-refractivity contribution in [2.45, 2.75) is 19.9 Å². The lowest BCUT2D eigenvalue weighted by atomic mass is 10.1. The van der Waals surface area contributed by atoms with E-state index in [2.05, 4.69) is 0 Å². The van der Waals surface area contributed by atoms with Crippen molar-refractivity contribution in [2.75, 3.05) is 12.0 Å². The van der Waals surface area contributed by atoms with E-state index in [1.165, 1.54) is 18.9 Å². The van der Waals surface area contributed by atoms with Gasteiger partial charge in [0.25, 0.3) is 0 Å². The number of methoxy groups -OCH3 is 1. The van der Waals surface area contributed by atoms with Crippen molar-refractivity contribution < 1.29 is 24.2 Å². The molecule has 1 N–H and O–H groups in total. The van der Waals surface area contributed by atoms with Crippen molar-refractivity contribution in [2.24, 2.45) is 0 Å². The molecule has 0 radical (unpaired) electrons. The van der Waals surface area contributed by atoms with Crippen LogP contribution in [0.3, 0.4) is 0 Å². The zero-order chi connectivity index (χ0) is 19.6. The second kappa shape index (κ2) is 7.45. The van der Waals surface area contributed by atoms with Gasteiger partial charge in [-0.25, -0.2) is 4.79 Å². The number of para-hydroxylation sites is 1. The number of hydrogen-bond acceptors (Lipinski definition) is 5. The number of esters is 1. The van der Waals surface area contributed by atoms with Crippen LogP contribution in [0, 0.1) is 0 Å². The smallest absolute Gasteiger partial charge is 0.338 e. The van der Waals surface area contributed by atoms with Gasteiger partial charge in [-0.3, -0.25) is 9.59 Å². The lowest BCUT2D eigenvalue weighted by Crippen LogP contribution is -2.30. The van der Waals surface area contributed by atoms with Crippen LogP contribution < -0.4 is 4.90 Å². The maximum Gasteiger partial charge on any atom is 0.338 e. The summed E-state index contributed by atoms with van der Waals surface area (Å²) in [6, 6.07) is 13.8. The average Bonchev–Trinajstić information content (AvgIpc) is 2.78. The van der Waals surface area contributed by atoms with E-state index in [0.717, 1.165) is 5.56 Å². The minimum atomic E-state index is -0.733. The van der Waals surface area contributed by atoms with Crippen LogP contribution in [-0.4, -0.2) is 29.9 Å². The van der Waals surface area contributed by atoms with Crippen LogP contribution in [-0.2, 0) is 20.9 Å². The number of nitrogens with zero attached hydrogens (tertiary/aromatic N) is 1. The number of fused-ring (bicyclic) bond motifs is 1. The van der Waals surface area contributed by atoms with Crippen molar-refractivity contribution >= 4 is 29.1 Å². The largest absolute Gasteiger partial charge is 0.507 e. The van der Waals surface area contributed by atoms with Gasteiger partial charge in [0.15, 0.2) is 5.78 Å². The first-order chi connectivity index (χ1) is 12.9. The quantitative estimate of drug-likeness (QED) is 0.664. The molecule has 0 spiro atoms. The number of ketones is 1. The molecule has 0 aliphatic carbocycles. The second-order valence-electron chi connectivity index (χ2n) is 6.25. The molecular formula is C21H19NO5. The Morgan fingerprint density at radius 3 is 2.41 bits per heavy atom. The molecular weight excluding hydrogens is 346 g/mol. The molecule has 0 saturated heterocycles. The Labute approximate surface area is 156 Å². The third kappa shape index (κ3) is 3.60. The minimum absolute atomic E-state index is 0.0328. The number of rotatable bonds is 4. The Kier molecular flexibility index (Phi) is 5.07. The average molecular weight is 365 g/mol. The summed E-state index contributed by atoms with van der Waals surface area (Å²) in [6.07, 6.45) is -0.265. The highest BCUT2D eigenvalue weighted by atomic mass is 16.5. The lowest BCUT2D eigenvalue weighted by molar-refractivity contribution is -0.137. The van der Waals surface area contributed by atoms with Gasteiger partial charge in [0.2, 0.25) is 5.91 Å². The Morgan fingerprint density at radius 2 is 1.78 bits per heavy atom.